The van der Waals surface area contributed by atoms with Gasteiger partial charge >= 0.3 is 0 Å². The van der Waals surface area contributed by atoms with Crippen molar-refractivity contribution < 1.29 is 8.42 Å². The predicted molar refractivity (Wildman–Crippen MR) is 86.6 cm³/mol. The van der Waals surface area contributed by atoms with Crippen LogP contribution in [0.1, 0.15) is 40.3 Å². The lowest BCUT2D eigenvalue weighted by atomic mass is 10.2. The summed E-state index contributed by atoms with van der Waals surface area (Å²) in [4.78, 5) is 3.40. The molecule has 2 N–H and O–H groups in total. The van der Waals surface area contributed by atoms with Crippen LogP contribution in [0.15, 0.2) is 17.2 Å². The first kappa shape index (κ1) is 18.2. The van der Waals surface area contributed by atoms with Gasteiger partial charge in [-0.3, -0.25) is 0 Å². The van der Waals surface area contributed by atoms with E-state index in [1.54, 1.807) is 16.6 Å². The fourth-order valence-electron chi connectivity index (χ4n) is 2.16. The van der Waals surface area contributed by atoms with Gasteiger partial charge in [0.2, 0.25) is 10.0 Å². The molecule has 1 heterocycles. The number of aromatic nitrogens is 1. The third kappa shape index (κ3) is 5.45. The molecule has 122 valence electrons. The van der Waals surface area contributed by atoms with E-state index in [1.807, 2.05) is 34.6 Å². The number of rotatable bonds is 9. The highest BCUT2D eigenvalue weighted by atomic mass is 32.2. The lowest BCUT2D eigenvalue weighted by Crippen LogP contribution is -2.36. The van der Waals surface area contributed by atoms with Gasteiger partial charge in [0.05, 0.1) is 4.90 Å². The zero-order chi connectivity index (χ0) is 16.0. The van der Waals surface area contributed by atoms with Crippen LogP contribution in [0.25, 0.3) is 0 Å². The molecule has 1 aromatic heterocycles. The molecule has 6 heteroatoms. The molecule has 5 nitrogen and oxygen atoms in total. The Kier molecular flexibility index (Phi) is 6.90. The third-order valence-corrected chi connectivity index (χ3v) is 4.87. The highest BCUT2D eigenvalue weighted by Gasteiger charge is 2.26. The summed E-state index contributed by atoms with van der Waals surface area (Å²) in [5, 5.41) is 3.18. The van der Waals surface area contributed by atoms with Gasteiger partial charge in [0.1, 0.15) is 0 Å². The van der Waals surface area contributed by atoms with E-state index in [0.717, 1.165) is 12.2 Å². The van der Waals surface area contributed by atoms with Crippen LogP contribution in [0.3, 0.4) is 0 Å². The second-order valence-electron chi connectivity index (χ2n) is 6.25. The quantitative estimate of drug-likeness (QED) is 0.735. The van der Waals surface area contributed by atoms with Gasteiger partial charge in [0.25, 0.3) is 0 Å². The number of aromatic amines is 1. The van der Waals surface area contributed by atoms with Gasteiger partial charge in [0, 0.05) is 31.5 Å². The first-order valence-corrected chi connectivity index (χ1v) is 9.09. The molecule has 0 saturated carbocycles. The Hall–Kier alpha value is -0.850. The average molecular weight is 315 g/mol. The van der Waals surface area contributed by atoms with Gasteiger partial charge in [-0.15, -0.1) is 0 Å². The molecular formula is C15H29N3O2S. The van der Waals surface area contributed by atoms with Crippen LogP contribution in [0, 0.1) is 11.8 Å². The van der Waals surface area contributed by atoms with Gasteiger partial charge < -0.3 is 10.3 Å². The molecule has 0 aliphatic heterocycles. The molecule has 0 bridgehead atoms. The summed E-state index contributed by atoms with van der Waals surface area (Å²) >= 11 is 0. The largest absolute Gasteiger partial charge is 0.363 e. The minimum Gasteiger partial charge on any atom is -0.363 e. The lowest BCUT2D eigenvalue weighted by Gasteiger charge is -2.25. The van der Waals surface area contributed by atoms with E-state index in [9.17, 15) is 8.42 Å². The van der Waals surface area contributed by atoms with Crippen molar-refractivity contribution in [2.45, 2.75) is 46.1 Å². The molecule has 0 amide bonds. The van der Waals surface area contributed by atoms with Crippen molar-refractivity contribution in [3.05, 3.63) is 18.0 Å². The van der Waals surface area contributed by atoms with Gasteiger partial charge in [-0.25, -0.2) is 8.42 Å². The zero-order valence-electron chi connectivity index (χ0n) is 13.8. The minimum atomic E-state index is -3.42. The molecule has 0 aliphatic carbocycles. The Morgan fingerprint density at radius 3 is 2.24 bits per heavy atom. The number of hydrogen-bond acceptors (Lipinski definition) is 3. The molecule has 0 atom stereocenters. The van der Waals surface area contributed by atoms with E-state index in [-0.39, 0.29) is 0 Å². The first-order valence-electron chi connectivity index (χ1n) is 7.65. The van der Waals surface area contributed by atoms with Crippen LogP contribution in [-0.4, -0.2) is 37.3 Å². The molecule has 0 aliphatic rings. The van der Waals surface area contributed by atoms with Gasteiger partial charge in [-0.05, 0) is 24.4 Å². The summed E-state index contributed by atoms with van der Waals surface area (Å²) in [6.45, 7) is 12.8. The average Bonchev–Trinajstić information content (AvgIpc) is 2.83. The van der Waals surface area contributed by atoms with E-state index in [0.29, 0.717) is 36.4 Å². The highest BCUT2D eigenvalue weighted by molar-refractivity contribution is 7.89. The van der Waals surface area contributed by atoms with E-state index < -0.39 is 10.0 Å². The van der Waals surface area contributed by atoms with Crippen LogP contribution >= 0.6 is 0 Å². The van der Waals surface area contributed by atoms with Crippen molar-refractivity contribution in [3.63, 3.8) is 0 Å². The van der Waals surface area contributed by atoms with E-state index in [1.165, 1.54) is 0 Å². The number of hydrogen-bond donors (Lipinski definition) is 2. The van der Waals surface area contributed by atoms with Crippen LogP contribution in [0.2, 0.25) is 0 Å². The van der Waals surface area contributed by atoms with Crippen molar-refractivity contribution in [2.24, 2.45) is 11.8 Å². The van der Waals surface area contributed by atoms with Crippen molar-refractivity contribution in [1.82, 2.24) is 14.6 Å². The van der Waals surface area contributed by atoms with E-state index in [2.05, 4.69) is 10.3 Å². The summed E-state index contributed by atoms with van der Waals surface area (Å²) in [5.41, 5.74) is 0.893. The molecule has 1 rings (SSSR count). The van der Waals surface area contributed by atoms with Crippen molar-refractivity contribution in [2.75, 3.05) is 19.6 Å². The van der Waals surface area contributed by atoms with E-state index >= 15 is 0 Å². The van der Waals surface area contributed by atoms with Crippen LogP contribution < -0.4 is 5.32 Å². The highest BCUT2D eigenvalue weighted by Crippen LogP contribution is 2.19. The monoisotopic (exact) mass is 315 g/mol. The van der Waals surface area contributed by atoms with E-state index in [4.69, 9.17) is 0 Å². The number of H-pyrrole nitrogens is 1. The number of nitrogens with one attached hydrogen (secondary N) is 2. The van der Waals surface area contributed by atoms with Gasteiger partial charge in [-0.1, -0.05) is 34.6 Å². The van der Waals surface area contributed by atoms with Crippen LogP contribution in [0.4, 0.5) is 0 Å². The Morgan fingerprint density at radius 2 is 1.76 bits per heavy atom. The maximum atomic E-state index is 12.8. The molecule has 21 heavy (non-hydrogen) atoms. The maximum Gasteiger partial charge on any atom is 0.244 e. The minimum absolute atomic E-state index is 0.304. The lowest BCUT2D eigenvalue weighted by molar-refractivity contribution is 0.333. The molecule has 1 aromatic rings. The molecule has 0 aromatic carbocycles. The molecule has 0 saturated heterocycles. The fourth-order valence-corrected chi connectivity index (χ4v) is 3.95. The summed E-state index contributed by atoms with van der Waals surface area (Å²) in [6, 6.07) is 1.73. The number of nitrogens with zero attached hydrogens (tertiary/aromatic N) is 1. The van der Waals surface area contributed by atoms with Crippen LogP contribution in [-0.2, 0) is 16.6 Å². The second-order valence-corrected chi connectivity index (χ2v) is 8.19. The number of sulfonamides is 1. The summed E-state index contributed by atoms with van der Waals surface area (Å²) in [7, 11) is -3.42. The molecule has 0 spiro atoms. The maximum absolute atomic E-state index is 12.8. The molecule has 0 radical (unpaired) electrons. The smallest absolute Gasteiger partial charge is 0.244 e. The fraction of sp³-hybridized carbons (Fsp3) is 0.733. The topological polar surface area (TPSA) is 65.2 Å². The Balaban J connectivity index is 2.96. The summed E-state index contributed by atoms with van der Waals surface area (Å²) in [6.07, 6.45) is 1.59. The third-order valence-electron chi connectivity index (χ3n) is 3.06. The zero-order valence-corrected chi connectivity index (χ0v) is 14.6. The molecular weight excluding hydrogens is 286 g/mol. The van der Waals surface area contributed by atoms with Gasteiger partial charge in [0.15, 0.2) is 0 Å². The van der Waals surface area contributed by atoms with Crippen molar-refractivity contribution >= 4 is 10.0 Å². The normalized spacial score (nSPS) is 12.8. The Morgan fingerprint density at radius 1 is 1.19 bits per heavy atom. The summed E-state index contributed by atoms with van der Waals surface area (Å²) < 4.78 is 27.2. The second kappa shape index (κ2) is 7.96. The predicted octanol–water partition coefficient (Wildman–Crippen LogP) is 2.43. The molecule has 0 unspecified atom stereocenters. The first-order chi connectivity index (χ1) is 9.77. The SMILES string of the molecule is CCNCc1cc(S(=O)(=O)N(CC(C)C)CC(C)C)c[nH]1. The van der Waals surface area contributed by atoms with Gasteiger partial charge in [-0.2, -0.15) is 4.31 Å². The molecule has 0 fully saturated rings. The Bertz CT molecular complexity index is 511. The van der Waals surface area contributed by atoms with Crippen LogP contribution in [0.5, 0.6) is 0 Å². The van der Waals surface area contributed by atoms with Crippen molar-refractivity contribution in [3.8, 4) is 0 Å². The Labute approximate surface area is 129 Å². The standard InChI is InChI=1S/C15H29N3O2S/c1-6-16-8-14-7-15(9-17-14)21(19,20)18(10-12(2)3)11-13(4)5/h7,9,12-13,16-17H,6,8,10-11H2,1-5H3. The van der Waals surface area contributed by atoms with Crippen molar-refractivity contribution in [1.29, 1.82) is 0 Å². The summed E-state index contributed by atoms with van der Waals surface area (Å²) in [5.74, 6) is 0.609.